The first-order valence-corrected chi connectivity index (χ1v) is 11.3. The van der Waals surface area contributed by atoms with Crippen LogP contribution in [0.4, 0.5) is 0 Å². The van der Waals surface area contributed by atoms with Gasteiger partial charge in [-0.1, -0.05) is 51.4 Å². The molecule has 29 heavy (non-hydrogen) atoms. The van der Waals surface area contributed by atoms with Crippen LogP contribution >= 0.6 is 22.9 Å². The second kappa shape index (κ2) is 11.3. The second-order valence-corrected chi connectivity index (χ2v) is 9.41. The number of allylic oxidation sites excluding steroid dienone is 1. The Hall–Kier alpha value is -1.87. The van der Waals surface area contributed by atoms with Gasteiger partial charge in [-0.2, -0.15) is 5.26 Å². The standard InChI is InChI=1S/C23H30ClN3OS/c1-16(2)9-11-27(12-10-17(3)4)14-22(28)20(13-25)23-26-21(15-29-23)18-5-7-19(24)8-6-18/h5-8,15-17,28H,9-12,14H2,1-4H3/b22-20-. The number of aromatic nitrogens is 1. The molecule has 0 saturated carbocycles. The Labute approximate surface area is 183 Å². The highest BCUT2D eigenvalue weighted by Crippen LogP contribution is 2.28. The molecule has 1 heterocycles. The molecule has 0 saturated heterocycles. The van der Waals surface area contributed by atoms with Crippen LogP contribution in [0.5, 0.6) is 0 Å². The van der Waals surface area contributed by atoms with Crippen molar-refractivity contribution in [3.8, 4) is 17.3 Å². The van der Waals surface area contributed by atoms with E-state index in [1.165, 1.54) is 11.3 Å². The third-order valence-electron chi connectivity index (χ3n) is 4.68. The van der Waals surface area contributed by atoms with Gasteiger partial charge >= 0.3 is 0 Å². The molecule has 1 aromatic heterocycles. The van der Waals surface area contributed by atoms with Crippen LogP contribution in [0.25, 0.3) is 16.8 Å². The highest BCUT2D eigenvalue weighted by atomic mass is 35.5. The van der Waals surface area contributed by atoms with E-state index >= 15 is 0 Å². The molecule has 2 rings (SSSR count). The predicted octanol–water partition coefficient (Wildman–Crippen LogP) is 6.65. The van der Waals surface area contributed by atoms with Crippen LogP contribution in [0, 0.1) is 23.2 Å². The lowest BCUT2D eigenvalue weighted by atomic mass is 10.1. The molecule has 2 aromatic rings. The molecule has 0 spiro atoms. The molecule has 0 atom stereocenters. The van der Waals surface area contributed by atoms with Crippen LogP contribution < -0.4 is 0 Å². The first-order chi connectivity index (χ1) is 13.8. The van der Waals surface area contributed by atoms with Crippen molar-refractivity contribution in [1.82, 2.24) is 9.88 Å². The molecular formula is C23H30ClN3OS. The van der Waals surface area contributed by atoms with Gasteiger partial charge in [-0.3, -0.25) is 4.90 Å². The molecule has 0 aliphatic heterocycles. The van der Waals surface area contributed by atoms with Crippen molar-refractivity contribution in [2.24, 2.45) is 11.8 Å². The number of halogens is 1. The molecule has 156 valence electrons. The van der Waals surface area contributed by atoms with Crippen molar-refractivity contribution in [1.29, 1.82) is 5.26 Å². The Morgan fingerprint density at radius 2 is 1.72 bits per heavy atom. The minimum absolute atomic E-state index is 0.0945. The second-order valence-electron chi connectivity index (χ2n) is 8.12. The smallest absolute Gasteiger partial charge is 0.138 e. The zero-order valence-electron chi connectivity index (χ0n) is 17.7. The molecule has 0 fully saturated rings. The van der Waals surface area contributed by atoms with Crippen LogP contribution in [0.2, 0.25) is 5.02 Å². The Bertz CT molecular complexity index is 838. The lowest BCUT2D eigenvalue weighted by molar-refractivity contribution is 0.228. The summed E-state index contributed by atoms with van der Waals surface area (Å²) in [6.45, 7) is 11.0. The maximum atomic E-state index is 10.7. The number of hydrogen-bond donors (Lipinski definition) is 1. The third-order valence-corrected chi connectivity index (χ3v) is 5.79. The van der Waals surface area contributed by atoms with Crippen LogP contribution in [0.15, 0.2) is 35.4 Å². The summed E-state index contributed by atoms with van der Waals surface area (Å²) in [5.74, 6) is 1.29. The van der Waals surface area contributed by atoms with Gasteiger partial charge < -0.3 is 5.11 Å². The number of aliphatic hydroxyl groups is 1. The first kappa shape index (κ1) is 23.4. The van der Waals surface area contributed by atoms with Gasteiger partial charge in [0.1, 0.15) is 22.4 Å². The van der Waals surface area contributed by atoms with Gasteiger partial charge in [-0.15, -0.1) is 11.3 Å². The summed E-state index contributed by atoms with van der Waals surface area (Å²) >= 11 is 7.32. The van der Waals surface area contributed by atoms with E-state index in [2.05, 4.69) is 43.6 Å². The zero-order valence-corrected chi connectivity index (χ0v) is 19.2. The fraction of sp³-hybridized carbons (Fsp3) is 0.478. The van der Waals surface area contributed by atoms with Crippen LogP contribution in [-0.4, -0.2) is 34.6 Å². The largest absolute Gasteiger partial charge is 0.509 e. The quantitative estimate of drug-likeness (QED) is 0.338. The van der Waals surface area contributed by atoms with Crippen molar-refractivity contribution in [2.75, 3.05) is 19.6 Å². The van der Waals surface area contributed by atoms with Crippen molar-refractivity contribution in [3.05, 3.63) is 45.4 Å². The molecule has 0 aliphatic rings. The van der Waals surface area contributed by atoms with Gasteiger partial charge in [0.15, 0.2) is 0 Å². The van der Waals surface area contributed by atoms with Crippen molar-refractivity contribution >= 4 is 28.5 Å². The monoisotopic (exact) mass is 431 g/mol. The number of thiazole rings is 1. The predicted molar refractivity (Wildman–Crippen MR) is 123 cm³/mol. The van der Waals surface area contributed by atoms with Crippen molar-refractivity contribution < 1.29 is 5.11 Å². The molecule has 4 nitrogen and oxygen atoms in total. The van der Waals surface area contributed by atoms with E-state index in [0.717, 1.165) is 37.2 Å². The number of nitrogens with zero attached hydrogens (tertiary/aromatic N) is 3. The Morgan fingerprint density at radius 3 is 2.24 bits per heavy atom. The lowest BCUT2D eigenvalue weighted by Gasteiger charge is -2.24. The van der Waals surface area contributed by atoms with Crippen molar-refractivity contribution in [2.45, 2.75) is 40.5 Å². The van der Waals surface area contributed by atoms with Crippen LogP contribution in [0.1, 0.15) is 45.5 Å². The number of nitriles is 1. The Kier molecular flexibility index (Phi) is 9.16. The van der Waals surface area contributed by atoms with E-state index in [1.807, 2.05) is 29.6 Å². The summed E-state index contributed by atoms with van der Waals surface area (Å²) in [5, 5.41) is 23.5. The van der Waals surface area contributed by atoms with E-state index < -0.39 is 0 Å². The summed E-state index contributed by atoms with van der Waals surface area (Å²) in [7, 11) is 0. The minimum atomic E-state index is 0.0945. The highest BCUT2D eigenvalue weighted by Gasteiger charge is 2.17. The molecule has 0 unspecified atom stereocenters. The minimum Gasteiger partial charge on any atom is -0.509 e. The van der Waals surface area contributed by atoms with E-state index in [-0.39, 0.29) is 11.3 Å². The third kappa shape index (κ3) is 7.47. The first-order valence-electron chi connectivity index (χ1n) is 10.1. The molecule has 1 N–H and O–H groups in total. The fourth-order valence-electron chi connectivity index (χ4n) is 2.82. The zero-order chi connectivity index (χ0) is 21.4. The summed E-state index contributed by atoms with van der Waals surface area (Å²) in [6, 6.07) is 9.59. The van der Waals surface area contributed by atoms with Crippen LogP contribution in [0.3, 0.4) is 0 Å². The number of benzene rings is 1. The van der Waals surface area contributed by atoms with Crippen molar-refractivity contribution in [3.63, 3.8) is 0 Å². The summed E-state index contributed by atoms with van der Waals surface area (Å²) in [4.78, 5) is 6.81. The topological polar surface area (TPSA) is 60.1 Å². The normalized spacial score (nSPS) is 12.5. The molecular weight excluding hydrogens is 402 g/mol. The van der Waals surface area contributed by atoms with Crippen LogP contribution in [-0.2, 0) is 0 Å². The summed E-state index contributed by atoms with van der Waals surface area (Å²) in [6.07, 6.45) is 2.12. The maximum Gasteiger partial charge on any atom is 0.138 e. The van der Waals surface area contributed by atoms with E-state index in [9.17, 15) is 10.4 Å². The van der Waals surface area contributed by atoms with Gasteiger partial charge in [0.25, 0.3) is 0 Å². The van der Waals surface area contributed by atoms with Gasteiger partial charge in [-0.05, 0) is 49.9 Å². The molecule has 0 amide bonds. The van der Waals surface area contributed by atoms with Gasteiger partial charge in [-0.25, -0.2) is 4.98 Å². The number of rotatable bonds is 10. The average molecular weight is 432 g/mol. The lowest BCUT2D eigenvalue weighted by Crippen LogP contribution is -2.30. The van der Waals surface area contributed by atoms with Gasteiger partial charge in [0.2, 0.25) is 0 Å². The molecule has 1 aromatic carbocycles. The Morgan fingerprint density at radius 1 is 1.14 bits per heavy atom. The summed E-state index contributed by atoms with van der Waals surface area (Å²) in [5.41, 5.74) is 1.97. The van der Waals surface area contributed by atoms with Gasteiger partial charge in [0, 0.05) is 16.0 Å². The average Bonchev–Trinajstić information content (AvgIpc) is 3.14. The molecule has 0 bridgehead atoms. The Balaban J connectivity index is 2.20. The van der Waals surface area contributed by atoms with E-state index in [1.54, 1.807) is 0 Å². The summed E-state index contributed by atoms with van der Waals surface area (Å²) < 4.78 is 0. The van der Waals surface area contributed by atoms with E-state index in [4.69, 9.17) is 11.6 Å². The highest BCUT2D eigenvalue weighted by molar-refractivity contribution is 7.11. The molecule has 0 aliphatic carbocycles. The molecule has 6 heteroatoms. The van der Waals surface area contributed by atoms with Gasteiger partial charge in [0.05, 0.1) is 12.2 Å². The number of hydrogen-bond acceptors (Lipinski definition) is 5. The van der Waals surface area contributed by atoms with E-state index in [0.29, 0.717) is 28.4 Å². The molecule has 0 radical (unpaired) electrons. The SMILES string of the molecule is CC(C)CCN(CCC(C)C)C/C(O)=C(\C#N)c1nc(-c2ccc(Cl)cc2)cs1. The number of aliphatic hydroxyl groups excluding tert-OH is 1. The maximum absolute atomic E-state index is 10.7. The fourth-order valence-corrected chi connectivity index (χ4v) is 3.79.